The van der Waals surface area contributed by atoms with Gasteiger partial charge in [-0.25, -0.2) is 0 Å². The summed E-state index contributed by atoms with van der Waals surface area (Å²) in [6, 6.07) is 0. The van der Waals surface area contributed by atoms with Gasteiger partial charge in [0.25, 0.3) is 11.8 Å². The van der Waals surface area contributed by atoms with Gasteiger partial charge in [0.05, 0.1) is 0 Å². The van der Waals surface area contributed by atoms with E-state index in [1.807, 2.05) is 5.32 Å². The van der Waals surface area contributed by atoms with Crippen LogP contribution in [0.5, 0.6) is 0 Å². The van der Waals surface area contributed by atoms with E-state index in [-0.39, 0.29) is 11.8 Å². The summed E-state index contributed by atoms with van der Waals surface area (Å²) in [6.07, 6.45) is 10.9. The predicted octanol–water partition coefficient (Wildman–Crippen LogP) is 0.925. The van der Waals surface area contributed by atoms with Crippen molar-refractivity contribution in [3.05, 3.63) is 24.3 Å². The number of amides is 2. The van der Waals surface area contributed by atoms with E-state index < -0.39 is 0 Å². The number of hydrogen-bond acceptors (Lipinski definition) is 2. The Morgan fingerprint density at radius 1 is 1.00 bits per heavy atom. The van der Waals surface area contributed by atoms with Crippen LogP contribution in [0.2, 0.25) is 0 Å². The quantitative estimate of drug-likeness (QED) is 0.428. The summed E-state index contributed by atoms with van der Waals surface area (Å²) in [5, 5.41) is 2.03. The van der Waals surface area contributed by atoms with Crippen molar-refractivity contribution in [2.24, 2.45) is 0 Å². The number of imide groups is 1. The van der Waals surface area contributed by atoms with Gasteiger partial charge in [-0.15, -0.1) is 0 Å². The van der Waals surface area contributed by atoms with Crippen LogP contribution in [-0.4, -0.2) is 11.8 Å². The summed E-state index contributed by atoms with van der Waals surface area (Å²) < 4.78 is 0. The minimum absolute atomic E-state index is 0.329. The zero-order chi connectivity index (χ0) is 8.81. The van der Waals surface area contributed by atoms with E-state index in [1.165, 1.54) is 31.4 Å². The van der Waals surface area contributed by atoms with Crippen molar-refractivity contribution in [3.63, 3.8) is 0 Å². The molecule has 1 aliphatic heterocycles. The normalized spacial score (nSPS) is 19.0. The van der Waals surface area contributed by atoms with Crippen LogP contribution >= 0.6 is 0 Å². The minimum Gasteiger partial charge on any atom is -0.289 e. The van der Waals surface area contributed by atoms with E-state index in [0.717, 1.165) is 0 Å². The van der Waals surface area contributed by atoms with Gasteiger partial charge in [-0.2, -0.15) is 0 Å². The minimum atomic E-state index is -0.329. The molecule has 0 radical (unpaired) electrons. The van der Waals surface area contributed by atoms with E-state index in [9.17, 15) is 9.59 Å². The molecule has 0 aromatic carbocycles. The molecule has 0 fully saturated rings. The number of carbonyl (C=O) groups excluding carboxylic acids is 2. The van der Waals surface area contributed by atoms with Crippen molar-refractivity contribution < 1.29 is 9.59 Å². The molecule has 0 saturated carbocycles. The molecular weight excluding hydrogens is 154 g/mol. The monoisotopic (exact) mass is 165 g/mol. The molecule has 0 bridgehead atoms. The fraction of sp³-hybridized carbons (Fsp3) is 0.333. The van der Waals surface area contributed by atoms with Gasteiger partial charge in [-0.1, -0.05) is 12.2 Å². The SMILES string of the molecule is C1=CCCC1.O=C1C=CC(=O)N1. The second kappa shape index (κ2) is 4.49. The first kappa shape index (κ1) is 8.71. The topological polar surface area (TPSA) is 46.2 Å². The molecule has 2 rings (SSSR count). The molecule has 12 heavy (non-hydrogen) atoms. The van der Waals surface area contributed by atoms with Gasteiger partial charge in [0, 0.05) is 12.2 Å². The summed E-state index contributed by atoms with van der Waals surface area (Å²) in [5.74, 6) is -0.657. The van der Waals surface area contributed by atoms with Crippen LogP contribution in [0.25, 0.3) is 0 Å². The fourth-order valence-corrected chi connectivity index (χ4v) is 0.945. The Morgan fingerprint density at radius 2 is 1.50 bits per heavy atom. The maximum absolute atomic E-state index is 10.0. The Bertz CT molecular complexity index is 219. The van der Waals surface area contributed by atoms with E-state index in [1.54, 1.807) is 0 Å². The van der Waals surface area contributed by atoms with Crippen molar-refractivity contribution >= 4 is 11.8 Å². The molecule has 2 aliphatic rings. The third kappa shape index (κ3) is 3.14. The van der Waals surface area contributed by atoms with E-state index >= 15 is 0 Å². The highest BCUT2D eigenvalue weighted by Crippen LogP contribution is 2.05. The van der Waals surface area contributed by atoms with Gasteiger partial charge in [-0.05, 0) is 19.3 Å². The molecule has 64 valence electrons. The van der Waals surface area contributed by atoms with Gasteiger partial charge >= 0.3 is 0 Å². The number of allylic oxidation sites excluding steroid dienone is 2. The zero-order valence-electron chi connectivity index (χ0n) is 6.75. The molecule has 1 aliphatic carbocycles. The van der Waals surface area contributed by atoms with Crippen LogP contribution in [0.1, 0.15) is 19.3 Å². The Labute approximate surface area is 71.1 Å². The van der Waals surface area contributed by atoms with Crippen LogP contribution in [0.15, 0.2) is 24.3 Å². The number of rotatable bonds is 0. The second-order valence-electron chi connectivity index (χ2n) is 2.59. The lowest BCUT2D eigenvalue weighted by atomic mass is 10.4. The van der Waals surface area contributed by atoms with E-state index in [2.05, 4.69) is 12.2 Å². The molecule has 0 aromatic rings. The smallest absolute Gasteiger partial charge is 0.250 e. The van der Waals surface area contributed by atoms with Crippen molar-refractivity contribution in [2.75, 3.05) is 0 Å². The lowest BCUT2D eigenvalue weighted by Crippen LogP contribution is -2.19. The first-order chi connectivity index (χ1) is 5.79. The third-order valence-electron chi connectivity index (χ3n) is 1.54. The van der Waals surface area contributed by atoms with E-state index in [0.29, 0.717) is 0 Å². The highest BCUT2D eigenvalue weighted by atomic mass is 16.2. The van der Waals surface area contributed by atoms with Crippen molar-refractivity contribution in [1.29, 1.82) is 0 Å². The summed E-state index contributed by atoms with van der Waals surface area (Å²) in [6.45, 7) is 0. The van der Waals surface area contributed by atoms with Gasteiger partial charge in [0.1, 0.15) is 0 Å². The van der Waals surface area contributed by atoms with Crippen molar-refractivity contribution in [2.45, 2.75) is 19.3 Å². The standard InChI is InChI=1S/C5H8.C4H3NO2/c1-2-4-5-3-1;6-3-1-2-4(7)5-3/h1-2H,3-5H2;1-2H,(H,5,6,7). The molecule has 2 amide bonds. The summed E-state index contributed by atoms with van der Waals surface area (Å²) in [4.78, 5) is 20.1. The average molecular weight is 165 g/mol. The molecule has 0 aromatic heterocycles. The van der Waals surface area contributed by atoms with Gasteiger partial charge in [-0.3, -0.25) is 14.9 Å². The number of nitrogens with one attached hydrogen (secondary N) is 1. The second-order valence-corrected chi connectivity index (χ2v) is 2.59. The molecular formula is C9H11NO2. The van der Waals surface area contributed by atoms with Gasteiger partial charge in [0.15, 0.2) is 0 Å². The summed E-state index contributed by atoms with van der Waals surface area (Å²) in [7, 11) is 0. The van der Waals surface area contributed by atoms with Crippen LogP contribution < -0.4 is 5.32 Å². The highest BCUT2D eigenvalue weighted by molar-refractivity contribution is 6.12. The van der Waals surface area contributed by atoms with Gasteiger partial charge in [0.2, 0.25) is 0 Å². The lowest BCUT2D eigenvalue weighted by molar-refractivity contribution is -0.123. The van der Waals surface area contributed by atoms with Crippen LogP contribution in [-0.2, 0) is 9.59 Å². The first-order valence-electron chi connectivity index (χ1n) is 3.97. The first-order valence-corrected chi connectivity index (χ1v) is 3.97. The van der Waals surface area contributed by atoms with Crippen LogP contribution in [0, 0.1) is 0 Å². The Balaban J connectivity index is 0.000000127. The summed E-state index contributed by atoms with van der Waals surface area (Å²) in [5.41, 5.74) is 0. The van der Waals surface area contributed by atoms with Gasteiger partial charge < -0.3 is 0 Å². The number of hydrogen-bond donors (Lipinski definition) is 1. The van der Waals surface area contributed by atoms with Crippen molar-refractivity contribution in [1.82, 2.24) is 5.32 Å². The highest BCUT2D eigenvalue weighted by Gasteiger charge is 2.06. The molecule has 0 spiro atoms. The lowest BCUT2D eigenvalue weighted by Gasteiger charge is -1.80. The molecule has 1 heterocycles. The molecule has 0 unspecified atom stereocenters. The molecule has 3 heteroatoms. The molecule has 3 nitrogen and oxygen atoms in total. The Hall–Kier alpha value is -1.38. The summed E-state index contributed by atoms with van der Waals surface area (Å²) >= 11 is 0. The Kier molecular flexibility index (Phi) is 3.26. The number of carbonyl (C=O) groups is 2. The van der Waals surface area contributed by atoms with E-state index in [4.69, 9.17) is 0 Å². The maximum atomic E-state index is 10.0. The zero-order valence-corrected chi connectivity index (χ0v) is 6.75. The predicted molar refractivity (Wildman–Crippen MR) is 45.3 cm³/mol. The molecule has 1 N–H and O–H groups in total. The maximum Gasteiger partial charge on any atom is 0.250 e. The Morgan fingerprint density at radius 3 is 1.67 bits per heavy atom. The van der Waals surface area contributed by atoms with Crippen LogP contribution in [0.4, 0.5) is 0 Å². The average Bonchev–Trinajstić information content (AvgIpc) is 2.63. The molecule has 0 saturated heterocycles. The molecule has 0 atom stereocenters. The van der Waals surface area contributed by atoms with Crippen molar-refractivity contribution in [3.8, 4) is 0 Å². The fourth-order valence-electron chi connectivity index (χ4n) is 0.945. The van der Waals surface area contributed by atoms with Crippen LogP contribution in [0.3, 0.4) is 0 Å². The third-order valence-corrected chi connectivity index (χ3v) is 1.54. The largest absolute Gasteiger partial charge is 0.289 e.